The number of hydrogen-bond donors (Lipinski definition) is 5. The molecule has 142 valence electrons. The van der Waals surface area contributed by atoms with Crippen LogP contribution in [0.4, 0.5) is 0 Å². The Bertz CT molecular complexity index is 674. The van der Waals surface area contributed by atoms with Crippen LogP contribution in [0.15, 0.2) is 11.6 Å². The van der Waals surface area contributed by atoms with E-state index >= 15 is 0 Å². The summed E-state index contributed by atoms with van der Waals surface area (Å²) in [6.45, 7) is 1.22. The van der Waals surface area contributed by atoms with Gasteiger partial charge in [0.15, 0.2) is 0 Å². The Labute approximate surface area is 145 Å². The second-order valence-electron chi connectivity index (χ2n) is 6.03. The lowest BCUT2D eigenvalue weighted by molar-refractivity contribution is -0.126. The number of nitrogens with two attached hydrogens (primary N) is 1. The van der Waals surface area contributed by atoms with Gasteiger partial charge in [-0.3, -0.25) is 14.4 Å². The maximum Gasteiger partial charge on any atom is 0.247 e. The average Bonchev–Trinajstić information content (AvgIpc) is 2.45. The minimum Gasteiger partial charge on any atom is -0.390 e. The van der Waals surface area contributed by atoms with E-state index in [0.717, 1.165) is 6.26 Å². The van der Waals surface area contributed by atoms with Gasteiger partial charge in [0.1, 0.15) is 22.0 Å². The number of carbonyl (C=O) groups excluding carboxylic acids is 3. The molecule has 0 spiro atoms. The summed E-state index contributed by atoms with van der Waals surface area (Å²) in [6, 6.07) is -2.17. The minimum absolute atomic E-state index is 0.0437. The Hall–Kier alpha value is -1.98. The zero-order valence-electron chi connectivity index (χ0n) is 13.9. The first-order chi connectivity index (χ1) is 11.4. The van der Waals surface area contributed by atoms with Gasteiger partial charge in [-0.15, -0.1) is 0 Å². The van der Waals surface area contributed by atoms with Gasteiger partial charge in [-0.2, -0.15) is 0 Å². The molecule has 0 saturated carbocycles. The normalized spacial score (nSPS) is 24.8. The molecule has 0 heterocycles. The summed E-state index contributed by atoms with van der Waals surface area (Å²) in [5.41, 5.74) is 5.22. The Morgan fingerprint density at radius 3 is 2.44 bits per heavy atom. The topological polar surface area (TPSA) is 176 Å². The van der Waals surface area contributed by atoms with Crippen LogP contribution < -0.4 is 16.4 Å². The van der Waals surface area contributed by atoms with E-state index in [0.29, 0.717) is 0 Å². The van der Waals surface area contributed by atoms with E-state index in [1.54, 1.807) is 0 Å². The molecule has 1 rings (SSSR count). The molecule has 1 aliphatic rings. The molecule has 4 atom stereocenters. The lowest BCUT2D eigenvalue weighted by Gasteiger charge is -2.31. The maximum absolute atomic E-state index is 12.3. The molecule has 25 heavy (non-hydrogen) atoms. The number of rotatable bonds is 7. The molecule has 0 aromatic carbocycles. The van der Waals surface area contributed by atoms with Crippen molar-refractivity contribution in [2.45, 2.75) is 44.1 Å². The van der Waals surface area contributed by atoms with Gasteiger partial charge in [0, 0.05) is 25.2 Å². The number of nitrogens with one attached hydrogen (secondary N) is 2. The van der Waals surface area contributed by atoms with Gasteiger partial charge < -0.3 is 26.6 Å². The SMILES string of the molecule is CC(=O)NC1C=C(C(=O)NC(CCS(C)(=O)=O)C(N)=O)CC(O)C1O. The van der Waals surface area contributed by atoms with E-state index < -0.39 is 51.9 Å². The smallest absolute Gasteiger partial charge is 0.247 e. The van der Waals surface area contributed by atoms with Crippen molar-refractivity contribution in [3.05, 3.63) is 11.6 Å². The van der Waals surface area contributed by atoms with Crippen molar-refractivity contribution in [3.8, 4) is 0 Å². The Balaban J connectivity index is 2.88. The number of aliphatic hydroxyl groups excluding tert-OH is 2. The van der Waals surface area contributed by atoms with Crippen molar-refractivity contribution in [2.24, 2.45) is 5.73 Å². The van der Waals surface area contributed by atoms with Crippen LogP contribution in [0.3, 0.4) is 0 Å². The quantitative estimate of drug-likeness (QED) is 0.313. The molecule has 0 fully saturated rings. The fourth-order valence-corrected chi connectivity index (χ4v) is 3.03. The number of carbonyl (C=O) groups is 3. The van der Waals surface area contributed by atoms with Crippen LogP contribution in [0.25, 0.3) is 0 Å². The summed E-state index contributed by atoms with van der Waals surface area (Å²) in [5.74, 6) is -2.43. The van der Waals surface area contributed by atoms with Crippen LogP contribution in [0.1, 0.15) is 19.8 Å². The molecule has 3 amide bonds. The van der Waals surface area contributed by atoms with Crippen molar-refractivity contribution in [1.82, 2.24) is 10.6 Å². The van der Waals surface area contributed by atoms with E-state index in [9.17, 15) is 33.0 Å². The zero-order valence-corrected chi connectivity index (χ0v) is 14.7. The van der Waals surface area contributed by atoms with Crippen LogP contribution >= 0.6 is 0 Å². The van der Waals surface area contributed by atoms with Gasteiger partial charge in [0.05, 0.1) is 17.9 Å². The standard InChI is InChI=1S/C14H23N3O7S/c1-7(18)16-10-5-8(6-11(19)12(10)20)14(22)17-9(13(15)21)3-4-25(2,23)24/h5,9-12,19-20H,3-4,6H2,1-2H3,(H2,15,21)(H,16,18)(H,17,22). The molecule has 0 bridgehead atoms. The second-order valence-corrected chi connectivity index (χ2v) is 8.29. The predicted molar refractivity (Wildman–Crippen MR) is 87.8 cm³/mol. The van der Waals surface area contributed by atoms with Crippen molar-refractivity contribution < 1.29 is 33.0 Å². The minimum atomic E-state index is -3.35. The Morgan fingerprint density at radius 2 is 1.96 bits per heavy atom. The van der Waals surface area contributed by atoms with Crippen LogP contribution in [0, 0.1) is 0 Å². The summed E-state index contributed by atoms with van der Waals surface area (Å²) < 4.78 is 22.4. The molecule has 0 aromatic heterocycles. The zero-order chi connectivity index (χ0) is 19.4. The van der Waals surface area contributed by atoms with Crippen molar-refractivity contribution in [3.63, 3.8) is 0 Å². The molecule has 0 saturated heterocycles. The fraction of sp³-hybridized carbons (Fsp3) is 0.643. The van der Waals surface area contributed by atoms with Crippen LogP contribution in [-0.2, 0) is 24.2 Å². The predicted octanol–water partition coefficient (Wildman–Crippen LogP) is -3.05. The molecular weight excluding hydrogens is 354 g/mol. The first kappa shape index (κ1) is 21.1. The molecule has 1 aliphatic carbocycles. The van der Waals surface area contributed by atoms with E-state index in [1.807, 2.05) is 0 Å². The maximum atomic E-state index is 12.3. The summed E-state index contributed by atoms with van der Waals surface area (Å²) in [6.07, 6.45) is -0.674. The van der Waals surface area contributed by atoms with Gasteiger partial charge in [-0.25, -0.2) is 8.42 Å². The highest BCUT2D eigenvalue weighted by molar-refractivity contribution is 7.90. The third kappa shape index (κ3) is 6.80. The van der Waals surface area contributed by atoms with E-state index in [-0.39, 0.29) is 24.2 Å². The molecule has 4 unspecified atom stereocenters. The number of amides is 3. The van der Waals surface area contributed by atoms with Crippen molar-refractivity contribution in [2.75, 3.05) is 12.0 Å². The molecule has 11 heteroatoms. The Kier molecular flexibility index (Phi) is 7.08. The highest BCUT2D eigenvalue weighted by Gasteiger charge is 2.34. The summed E-state index contributed by atoms with van der Waals surface area (Å²) >= 11 is 0. The highest BCUT2D eigenvalue weighted by atomic mass is 32.2. The second kappa shape index (κ2) is 8.41. The monoisotopic (exact) mass is 377 g/mol. The first-order valence-electron chi connectivity index (χ1n) is 7.52. The fourth-order valence-electron chi connectivity index (χ4n) is 2.37. The summed E-state index contributed by atoms with van der Waals surface area (Å²) in [7, 11) is -3.35. The third-order valence-electron chi connectivity index (χ3n) is 3.66. The first-order valence-corrected chi connectivity index (χ1v) is 9.58. The van der Waals surface area contributed by atoms with Gasteiger partial charge >= 0.3 is 0 Å². The lowest BCUT2D eigenvalue weighted by Crippen LogP contribution is -2.52. The van der Waals surface area contributed by atoms with E-state index in [1.165, 1.54) is 13.0 Å². The molecular formula is C14H23N3O7S. The number of hydrogen-bond acceptors (Lipinski definition) is 7. The third-order valence-corrected chi connectivity index (χ3v) is 4.64. The van der Waals surface area contributed by atoms with E-state index in [4.69, 9.17) is 5.73 Å². The average molecular weight is 377 g/mol. The Morgan fingerprint density at radius 1 is 1.36 bits per heavy atom. The number of sulfone groups is 1. The molecule has 0 aliphatic heterocycles. The van der Waals surface area contributed by atoms with Crippen molar-refractivity contribution in [1.29, 1.82) is 0 Å². The molecule has 6 N–H and O–H groups in total. The summed E-state index contributed by atoms with van der Waals surface area (Å²) in [4.78, 5) is 34.8. The number of aliphatic hydroxyl groups is 2. The van der Waals surface area contributed by atoms with Crippen LogP contribution in [-0.4, -0.2) is 72.7 Å². The summed E-state index contributed by atoms with van der Waals surface area (Å²) in [5, 5.41) is 24.4. The lowest BCUT2D eigenvalue weighted by atomic mass is 9.90. The molecule has 0 aromatic rings. The van der Waals surface area contributed by atoms with Gasteiger partial charge in [0.25, 0.3) is 0 Å². The van der Waals surface area contributed by atoms with Gasteiger partial charge in [0.2, 0.25) is 17.7 Å². The highest BCUT2D eigenvalue weighted by Crippen LogP contribution is 2.20. The van der Waals surface area contributed by atoms with Gasteiger partial charge in [-0.05, 0) is 6.42 Å². The van der Waals surface area contributed by atoms with Crippen LogP contribution in [0.5, 0.6) is 0 Å². The van der Waals surface area contributed by atoms with E-state index in [2.05, 4.69) is 10.6 Å². The molecule has 10 nitrogen and oxygen atoms in total. The molecule has 0 radical (unpaired) electrons. The number of primary amides is 1. The largest absolute Gasteiger partial charge is 0.390 e. The van der Waals surface area contributed by atoms with Crippen molar-refractivity contribution >= 4 is 27.6 Å². The van der Waals surface area contributed by atoms with Gasteiger partial charge in [-0.1, -0.05) is 6.08 Å². The van der Waals surface area contributed by atoms with Crippen LogP contribution in [0.2, 0.25) is 0 Å².